The monoisotopic (exact) mass is 367 g/mol. The molecule has 0 spiro atoms. The van der Waals surface area contributed by atoms with Gasteiger partial charge in [-0.25, -0.2) is 19.9 Å². The molecule has 0 bridgehead atoms. The second kappa shape index (κ2) is 8.17. The zero-order valence-electron chi connectivity index (χ0n) is 16.4. The van der Waals surface area contributed by atoms with Crippen LogP contribution in [0.2, 0.25) is 0 Å². The molecule has 0 aromatic carbocycles. The lowest BCUT2D eigenvalue weighted by molar-refractivity contribution is 0.248. The van der Waals surface area contributed by atoms with Crippen molar-refractivity contribution in [1.29, 1.82) is 0 Å². The van der Waals surface area contributed by atoms with E-state index in [2.05, 4.69) is 41.6 Å². The number of piperidine rings is 1. The molecule has 2 aromatic heterocycles. The van der Waals surface area contributed by atoms with Gasteiger partial charge in [-0.1, -0.05) is 0 Å². The highest BCUT2D eigenvalue weighted by Crippen LogP contribution is 2.20. The van der Waals surface area contributed by atoms with Crippen LogP contribution in [0.25, 0.3) is 0 Å². The number of hydrogen-bond donors (Lipinski definition) is 0. The molecule has 4 rings (SSSR count). The fourth-order valence-corrected chi connectivity index (χ4v) is 3.91. The van der Waals surface area contributed by atoms with E-state index in [9.17, 15) is 0 Å². The lowest BCUT2D eigenvalue weighted by atomic mass is 10.1. The van der Waals surface area contributed by atoms with E-state index in [-0.39, 0.29) is 0 Å². The Hall–Kier alpha value is -2.28. The maximum Gasteiger partial charge on any atom is 0.225 e. The van der Waals surface area contributed by atoms with E-state index in [0.29, 0.717) is 0 Å². The molecule has 0 unspecified atom stereocenters. The molecule has 144 valence electrons. The lowest BCUT2D eigenvalue weighted by Gasteiger charge is -2.36. The maximum atomic E-state index is 4.61. The molecule has 0 atom stereocenters. The minimum absolute atomic E-state index is 0.887. The highest BCUT2D eigenvalue weighted by atomic mass is 15.3. The van der Waals surface area contributed by atoms with Crippen LogP contribution >= 0.6 is 0 Å². The van der Waals surface area contributed by atoms with E-state index in [1.807, 2.05) is 19.3 Å². The van der Waals surface area contributed by atoms with Crippen LogP contribution in [0.3, 0.4) is 0 Å². The first-order chi connectivity index (χ1) is 13.2. The van der Waals surface area contributed by atoms with Gasteiger partial charge in [0.1, 0.15) is 12.1 Å². The normalized spacial score (nSPS) is 18.7. The van der Waals surface area contributed by atoms with Gasteiger partial charge in [0.15, 0.2) is 0 Å². The van der Waals surface area contributed by atoms with E-state index in [4.69, 9.17) is 0 Å². The van der Waals surface area contributed by atoms with Crippen molar-refractivity contribution in [2.24, 2.45) is 0 Å². The van der Waals surface area contributed by atoms with Crippen molar-refractivity contribution in [3.05, 3.63) is 35.5 Å². The summed E-state index contributed by atoms with van der Waals surface area (Å²) in [5.74, 6) is 1.97. The molecule has 2 fully saturated rings. The summed E-state index contributed by atoms with van der Waals surface area (Å²) in [7, 11) is 0. The Kier molecular flexibility index (Phi) is 5.48. The van der Waals surface area contributed by atoms with E-state index in [1.165, 1.54) is 30.4 Å². The van der Waals surface area contributed by atoms with Gasteiger partial charge in [0, 0.05) is 75.0 Å². The molecule has 2 aliphatic rings. The third-order valence-electron chi connectivity index (χ3n) is 5.72. The van der Waals surface area contributed by atoms with Crippen LogP contribution < -0.4 is 9.80 Å². The van der Waals surface area contributed by atoms with Gasteiger partial charge >= 0.3 is 0 Å². The summed E-state index contributed by atoms with van der Waals surface area (Å²) in [6, 6.07) is 0. The molecule has 27 heavy (non-hydrogen) atoms. The number of aryl methyl sites for hydroxylation is 1. The molecular formula is C20H29N7. The first-order valence-electron chi connectivity index (χ1n) is 10.0. The zero-order valence-corrected chi connectivity index (χ0v) is 16.4. The van der Waals surface area contributed by atoms with E-state index >= 15 is 0 Å². The van der Waals surface area contributed by atoms with Crippen molar-refractivity contribution >= 4 is 11.8 Å². The Morgan fingerprint density at radius 3 is 2.19 bits per heavy atom. The predicted molar refractivity (Wildman–Crippen MR) is 107 cm³/mol. The van der Waals surface area contributed by atoms with Gasteiger partial charge < -0.3 is 9.80 Å². The SMILES string of the molecule is Cc1ncnc(N2CCN(Cc3cnc(N4CCCCC4)nc3)CC2)c1C. The van der Waals surface area contributed by atoms with E-state index < -0.39 is 0 Å². The van der Waals surface area contributed by atoms with Crippen LogP contribution in [-0.2, 0) is 6.54 Å². The summed E-state index contributed by atoms with van der Waals surface area (Å²) in [5, 5.41) is 0. The van der Waals surface area contributed by atoms with Gasteiger partial charge in [-0.3, -0.25) is 4.90 Å². The molecule has 0 saturated carbocycles. The minimum Gasteiger partial charge on any atom is -0.354 e. The molecule has 2 aliphatic heterocycles. The first-order valence-corrected chi connectivity index (χ1v) is 10.0. The minimum atomic E-state index is 0.887. The molecule has 7 nitrogen and oxygen atoms in total. The van der Waals surface area contributed by atoms with Crippen molar-refractivity contribution in [3.8, 4) is 0 Å². The Morgan fingerprint density at radius 1 is 0.778 bits per heavy atom. The van der Waals surface area contributed by atoms with Crippen LogP contribution in [0, 0.1) is 13.8 Å². The van der Waals surface area contributed by atoms with Gasteiger partial charge in [-0.05, 0) is 33.1 Å². The van der Waals surface area contributed by atoms with Crippen LogP contribution in [-0.4, -0.2) is 64.1 Å². The summed E-state index contributed by atoms with van der Waals surface area (Å²) in [5.41, 5.74) is 3.44. The summed E-state index contributed by atoms with van der Waals surface area (Å²) in [6.07, 6.45) is 9.50. The van der Waals surface area contributed by atoms with Crippen molar-refractivity contribution in [1.82, 2.24) is 24.8 Å². The summed E-state index contributed by atoms with van der Waals surface area (Å²) >= 11 is 0. The van der Waals surface area contributed by atoms with Gasteiger partial charge in [0.2, 0.25) is 5.95 Å². The van der Waals surface area contributed by atoms with E-state index in [1.54, 1.807) is 6.33 Å². The zero-order chi connectivity index (χ0) is 18.6. The first kappa shape index (κ1) is 18.1. The Labute approximate surface area is 161 Å². The number of anilines is 2. The topological polar surface area (TPSA) is 61.3 Å². The van der Waals surface area contributed by atoms with Gasteiger partial charge in [0.25, 0.3) is 0 Å². The van der Waals surface area contributed by atoms with Crippen LogP contribution in [0.5, 0.6) is 0 Å². The quantitative estimate of drug-likeness (QED) is 0.821. The Morgan fingerprint density at radius 2 is 1.48 bits per heavy atom. The number of hydrogen-bond acceptors (Lipinski definition) is 7. The maximum absolute atomic E-state index is 4.61. The predicted octanol–water partition coefficient (Wildman–Crippen LogP) is 2.20. The largest absolute Gasteiger partial charge is 0.354 e. The fourth-order valence-electron chi connectivity index (χ4n) is 3.91. The van der Waals surface area contributed by atoms with Crippen molar-refractivity contribution in [3.63, 3.8) is 0 Å². The van der Waals surface area contributed by atoms with Crippen LogP contribution in [0.1, 0.15) is 36.1 Å². The molecule has 0 aliphatic carbocycles. The molecule has 0 N–H and O–H groups in total. The lowest BCUT2D eigenvalue weighted by Crippen LogP contribution is -2.46. The Balaban J connectivity index is 1.32. The molecule has 7 heteroatoms. The molecular weight excluding hydrogens is 338 g/mol. The molecule has 0 amide bonds. The van der Waals surface area contributed by atoms with E-state index in [0.717, 1.165) is 63.3 Å². The highest BCUT2D eigenvalue weighted by molar-refractivity contribution is 5.47. The standard InChI is InChI=1S/C20H29N7/c1-16-17(2)23-15-24-19(16)26-10-8-25(9-11-26)14-18-12-21-20(22-13-18)27-6-4-3-5-7-27/h12-13,15H,3-11,14H2,1-2H3. The Bertz CT molecular complexity index is 747. The second-order valence-electron chi connectivity index (χ2n) is 7.61. The third-order valence-corrected chi connectivity index (χ3v) is 5.72. The number of rotatable bonds is 4. The van der Waals surface area contributed by atoms with Crippen LogP contribution in [0.4, 0.5) is 11.8 Å². The second-order valence-corrected chi connectivity index (χ2v) is 7.61. The van der Waals surface area contributed by atoms with Gasteiger partial charge in [-0.2, -0.15) is 0 Å². The van der Waals surface area contributed by atoms with Gasteiger partial charge in [0.05, 0.1) is 0 Å². The number of nitrogens with zero attached hydrogens (tertiary/aromatic N) is 7. The van der Waals surface area contributed by atoms with Crippen molar-refractivity contribution < 1.29 is 0 Å². The van der Waals surface area contributed by atoms with Crippen molar-refractivity contribution in [2.75, 3.05) is 49.1 Å². The summed E-state index contributed by atoms with van der Waals surface area (Å²) in [6.45, 7) is 11.3. The smallest absolute Gasteiger partial charge is 0.225 e. The summed E-state index contributed by atoms with van der Waals surface area (Å²) < 4.78 is 0. The molecule has 2 saturated heterocycles. The molecule has 4 heterocycles. The van der Waals surface area contributed by atoms with Crippen molar-refractivity contribution in [2.45, 2.75) is 39.7 Å². The summed E-state index contributed by atoms with van der Waals surface area (Å²) in [4.78, 5) is 25.1. The number of aromatic nitrogens is 4. The highest BCUT2D eigenvalue weighted by Gasteiger charge is 2.20. The number of piperazine rings is 1. The van der Waals surface area contributed by atoms with Crippen LogP contribution in [0.15, 0.2) is 18.7 Å². The molecule has 0 radical (unpaired) electrons. The average Bonchev–Trinajstić information content (AvgIpc) is 2.72. The fraction of sp³-hybridized carbons (Fsp3) is 0.600. The van der Waals surface area contributed by atoms with Gasteiger partial charge in [-0.15, -0.1) is 0 Å². The third kappa shape index (κ3) is 4.18. The average molecular weight is 368 g/mol. The molecule has 2 aromatic rings.